The van der Waals surface area contributed by atoms with E-state index in [2.05, 4.69) is 11.0 Å². The van der Waals surface area contributed by atoms with Crippen molar-refractivity contribution in [2.75, 3.05) is 13.1 Å². The van der Waals surface area contributed by atoms with Crippen molar-refractivity contribution < 1.29 is 0 Å². The molecule has 0 saturated carbocycles. The Labute approximate surface area is 108 Å². The van der Waals surface area contributed by atoms with Gasteiger partial charge in [0.25, 0.3) is 0 Å². The smallest absolute Gasteiger partial charge is 0.0409 e. The highest BCUT2D eigenvalue weighted by atomic mass is 35.5. The largest absolute Gasteiger partial charge is 0.329 e. The van der Waals surface area contributed by atoms with Gasteiger partial charge in [0.2, 0.25) is 0 Å². The van der Waals surface area contributed by atoms with Gasteiger partial charge < -0.3 is 5.73 Å². The van der Waals surface area contributed by atoms with Crippen molar-refractivity contribution in [1.82, 2.24) is 4.90 Å². The van der Waals surface area contributed by atoms with E-state index >= 15 is 0 Å². The van der Waals surface area contributed by atoms with Gasteiger partial charge in [-0.1, -0.05) is 17.7 Å². The lowest BCUT2D eigenvalue weighted by Crippen LogP contribution is -2.23. The van der Waals surface area contributed by atoms with Crippen LogP contribution in [0.5, 0.6) is 0 Å². The molecule has 0 atom stereocenters. The van der Waals surface area contributed by atoms with Crippen molar-refractivity contribution >= 4 is 36.4 Å². The second kappa shape index (κ2) is 6.56. The van der Waals surface area contributed by atoms with Crippen LogP contribution in [0.1, 0.15) is 11.1 Å². The number of benzene rings is 1. The van der Waals surface area contributed by atoms with E-state index in [1.54, 1.807) is 0 Å². The summed E-state index contributed by atoms with van der Waals surface area (Å²) in [5, 5.41) is 0.827. The van der Waals surface area contributed by atoms with Crippen molar-refractivity contribution in [1.29, 1.82) is 0 Å². The number of halogens is 3. The molecular formula is C10H15Cl3N2. The maximum absolute atomic E-state index is 5.90. The summed E-state index contributed by atoms with van der Waals surface area (Å²) in [4.78, 5) is 2.33. The Morgan fingerprint density at radius 2 is 1.87 bits per heavy atom. The quantitative estimate of drug-likeness (QED) is 0.894. The molecule has 1 aliphatic heterocycles. The van der Waals surface area contributed by atoms with Gasteiger partial charge in [0.15, 0.2) is 0 Å². The maximum atomic E-state index is 5.90. The van der Waals surface area contributed by atoms with Crippen molar-refractivity contribution in [2.45, 2.75) is 13.1 Å². The molecule has 1 aromatic rings. The number of hydrogen-bond acceptors (Lipinski definition) is 2. The lowest BCUT2D eigenvalue weighted by atomic mass is 10.1. The summed E-state index contributed by atoms with van der Waals surface area (Å²) >= 11 is 5.90. The summed E-state index contributed by atoms with van der Waals surface area (Å²) in [6, 6.07) is 6.11. The van der Waals surface area contributed by atoms with E-state index in [4.69, 9.17) is 17.3 Å². The van der Waals surface area contributed by atoms with Crippen LogP contribution in [0.15, 0.2) is 18.2 Å². The number of rotatable bonds is 2. The average molecular weight is 270 g/mol. The van der Waals surface area contributed by atoms with Crippen LogP contribution in [0.3, 0.4) is 0 Å². The minimum atomic E-state index is 0. The highest BCUT2D eigenvalue weighted by Crippen LogP contribution is 2.24. The van der Waals surface area contributed by atoms with E-state index in [9.17, 15) is 0 Å². The maximum Gasteiger partial charge on any atom is 0.0409 e. The Balaban J connectivity index is 0.000000980. The predicted octanol–water partition coefficient (Wildman–Crippen LogP) is 2.46. The van der Waals surface area contributed by atoms with Crippen LogP contribution in [0, 0.1) is 0 Å². The molecule has 5 heteroatoms. The molecule has 0 amide bonds. The fourth-order valence-electron chi connectivity index (χ4n) is 1.77. The summed E-state index contributed by atoms with van der Waals surface area (Å²) in [6.07, 6.45) is 0. The van der Waals surface area contributed by atoms with Crippen LogP contribution < -0.4 is 5.73 Å². The Morgan fingerprint density at radius 1 is 1.20 bits per heavy atom. The first-order chi connectivity index (χ1) is 6.29. The summed E-state index contributed by atoms with van der Waals surface area (Å²) in [6.45, 7) is 3.70. The molecule has 15 heavy (non-hydrogen) atoms. The van der Waals surface area contributed by atoms with Crippen LogP contribution in [-0.2, 0) is 13.1 Å². The SMILES string of the molecule is Cl.Cl.NCCN1Cc2ccc(Cl)cc2C1. The molecule has 0 spiro atoms. The average Bonchev–Trinajstić information content (AvgIpc) is 2.46. The number of hydrogen-bond donors (Lipinski definition) is 1. The van der Waals surface area contributed by atoms with E-state index in [1.807, 2.05) is 12.1 Å². The van der Waals surface area contributed by atoms with Gasteiger partial charge in [0.05, 0.1) is 0 Å². The van der Waals surface area contributed by atoms with Gasteiger partial charge >= 0.3 is 0 Å². The fraction of sp³-hybridized carbons (Fsp3) is 0.400. The van der Waals surface area contributed by atoms with Crippen molar-refractivity contribution in [3.05, 3.63) is 34.3 Å². The first-order valence-electron chi connectivity index (χ1n) is 4.49. The number of nitrogens with zero attached hydrogens (tertiary/aromatic N) is 1. The number of nitrogens with two attached hydrogens (primary N) is 1. The van der Waals surface area contributed by atoms with E-state index in [1.165, 1.54) is 11.1 Å². The zero-order chi connectivity index (χ0) is 9.26. The predicted molar refractivity (Wildman–Crippen MR) is 69.1 cm³/mol. The van der Waals surface area contributed by atoms with Gasteiger partial charge in [-0.05, 0) is 23.3 Å². The monoisotopic (exact) mass is 268 g/mol. The standard InChI is InChI=1S/C10H13ClN2.2ClH/c11-10-2-1-8-6-13(4-3-12)7-9(8)5-10;;/h1-2,5H,3-4,6-7,12H2;2*1H. The van der Waals surface area contributed by atoms with Crippen LogP contribution in [0.2, 0.25) is 5.02 Å². The highest BCUT2D eigenvalue weighted by Gasteiger charge is 2.17. The van der Waals surface area contributed by atoms with Crippen molar-refractivity contribution in [2.24, 2.45) is 5.73 Å². The van der Waals surface area contributed by atoms with Gasteiger partial charge in [-0.25, -0.2) is 0 Å². The van der Waals surface area contributed by atoms with Crippen molar-refractivity contribution in [3.63, 3.8) is 0 Å². The number of fused-ring (bicyclic) bond motifs is 1. The second-order valence-electron chi connectivity index (χ2n) is 3.41. The second-order valence-corrected chi connectivity index (χ2v) is 3.85. The first kappa shape index (κ1) is 15.0. The zero-order valence-electron chi connectivity index (χ0n) is 8.28. The minimum Gasteiger partial charge on any atom is -0.329 e. The molecule has 86 valence electrons. The Kier molecular flexibility index (Phi) is 6.57. The third-order valence-corrected chi connectivity index (χ3v) is 2.64. The molecule has 0 bridgehead atoms. The third kappa shape index (κ3) is 3.51. The van der Waals surface area contributed by atoms with E-state index in [0.717, 1.165) is 31.2 Å². The van der Waals surface area contributed by atoms with Crippen LogP contribution in [0.25, 0.3) is 0 Å². The Bertz CT molecular complexity index is 318. The first-order valence-corrected chi connectivity index (χ1v) is 4.87. The van der Waals surface area contributed by atoms with Gasteiger partial charge in [0.1, 0.15) is 0 Å². The van der Waals surface area contributed by atoms with E-state index in [0.29, 0.717) is 0 Å². The van der Waals surface area contributed by atoms with E-state index < -0.39 is 0 Å². The Morgan fingerprint density at radius 3 is 2.53 bits per heavy atom. The third-order valence-electron chi connectivity index (χ3n) is 2.40. The van der Waals surface area contributed by atoms with Crippen LogP contribution >= 0.6 is 36.4 Å². The lowest BCUT2D eigenvalue weighted by molar-refractivity contribution is 0.293. The molecule has 1 aromatic carbocycles. The van der Waals surface area contributed by atoms with Gasteiger partial charge in [-0.2, -0.15) is 0 Å². The molecule has 0 aromatic heterocycles. The molecule has 2 rings (SSSR count). The topological polar surface area (TPSA) is 29.3 Å². The van der Waals surface area contributed by atoms with E-state index in [-0.39, 0.29) is 24.8 Å². The summed E-state index contributed by atoms with van der Waals surface area (Å²) in [7, 11) is 0. The summed E-state index contributed by atoms with van der Waals surface area (Å²) in [5.41, 5.74) is 8.24. The Hall–Kier alpha value is 0.01000. The molecule has 0 radical (unpaired) electrons. The molecular weight excluding hydrogens is 254 g/mol. The van der Waals surface area contributed by atoms with Crippen LogP contribution in [0.4, 0.5) is 0 Å². The van der Waals surface area contributed by atoms with Crippen LogP contribution in [-0.4, -0.2) is 18.0 Å². The summed E-state index contributed by atoms with van der Waals surface area (Å²) in [5.74, 6) is 0. The fourth-order valence-corrected chi connectivity index (χ4v) is 1.97. The molecule has 2 N–H and O–H groups in total. The molecule has 1 aliphatic rings. The molecule has 0 aliphatic carbocycles. The minimum absolute atomic E-state index is 0. The highest BCUT2D eigenvalue weighted by molar-refractivity contribution is 6.30. The molecule has 0 unspecified atom stereocenters. The normalized spacial score (nSPS) is 14.0. The van der Waals surface area contributed by atoms with Gasteiger partial charge in [0, 0.05) is 31.2 Å². The van der Waals surface area contributed by atoms with Gasteiger partial charge in [-0.3, -0.25) is 4.90 Å². The lowest BCUT2D eigenvalue weighted by Gasteiger charge is -2.11. The molecule has 2 nitrogen and oxygen atoms in total. The zero-order valence-corrected chi connectivity index (χ0v) is 10.7. The summed E-state index contributed by atoms with van der Waals surface area (Å²) < 4.78 is 0. The molecule has 0 saturated heterocycles. The molecule has 0 fully saturated rings. The van der Waals surface area contributed by atoms with Crippen molar-refractivity contribution in [3.8, 4) is 0 Å². The molecule has 1 heterocycles. The van der Waals surface area contributed by atoms with Gasteiger partial charge in [-0.15, -0.1) is 24.8 Å².